The lowest BCUT2D eigenvalue weighted by molar-refractivity contribution is 0.412. The van der Waals surface area contributed by atoms with Crippen LogP contribution in [0.4, 0.5) is 8.78 Å². The van der Waals surface area contributed by atoms with Crippen molar-refractivity contribution in [2.45, 2.75) is 38.0 Å². The van der Waals surface area contributed by atoms with E-state index in [9.17, 15) is 8.78 Å². The summed E-state index contributed by atoms with van der Waals surface area (Å²) < 4.78 is 26.7. The minimum atomic E-state index is -0.503. The lowest BCUT2D eigenvalue weighted by Crippen LogP contribution is -2.08. The highest BCUT2D eigenvalue weighted by atomic mass is 19.1. The second-order valence-corrected chi connectivity index (χ2v) is 3.89. The molecule has 0 aliphatic heterocycles. The Kier molecular flexibility index (Phi) is 2.80. The maximum absolute atomic E-state index is 13.4. The number of benzene rings is 1. The highest BCUT2D eigenvalue weighted by Gasteiger charge is 2.21. The van der Waals surface area contributed by atoms with Crippen molar-refractivity contribution in [3.63, 3.8) is 0 Å². The molecule has 1 aromatic rings. The summed E-state index contributed by atoms with van der Waals surface area (Å²) in [5.74, 6) is -0.841. The van der Waals surface area contributed by atoms with Gasteiger partial charge in [0.25, 0.3) is 0 Å². The Balaban J connectivity index is 2.29. The van der Waals surface area contributed by atoms with E-state index in [4.69, 9.17) is 0 Å². The van der Waals surface area contributed by atoms with Crippen molar-refractivity contribution in [3.8, 4) is 0 Å². The monoisotopic (exact) mass is 195 g/mol. The van der Waals surface area contributed by atoms with Crippen LogP contribution in [-0.4, -0.2) is 0 Å². The van der Waals surface area contributed by atoms with E-state index in [-0.39, 0.29) is 11.5 Å². The molecular weight excluding hydrogens is 182 g/mol. The topological polar surface area (TPSA) is 0 Å². The van der Waals surface area contributed by atoms with Crippen LogP contribution in [0.1, 0.15) is 43.6 Å². The third-order valence-corrected chi connectivity index (χ3v) is 2.95. The fourth-order valence-electron chi connectivity index (χ4n) is 2.23. The third kappa shape index (κ3) is 1.79. The third-order valence-electron chi connectivity index (χ3n) is 2.95. The molecule has 0 amide bonds. The Hall–Kier alpha value is -0.920. The molecule has 2 heteroatoms. The number of rotatable bonds is 1. The first-order valence-electron chi connectivity index (χ1n) is 5.14. The van der Waals surface area contributed by atoms with Gasteiger partial charge in [-0.2, -0.15) is 0 Å². The van der Waals surface area contributed by atoms with E-state index in [1.54, 1.807) is 0 Å². The van der Waals surface area contributed by atoms with Gasteiger partial charge < -0.3 is 0 Å². The van der Waals surface area contributed by atoms with E-state index in [1.807, 2.05) is 0 Å². The van der Waals surface area contributed by atoms with Crippen molar-refractivity contribution < 1.29 is 8.78 Å². The van der Waals surface area contributed by atoms with Gasteiger partial charge in [0.15, 0.2) is 0 Å². The minimum Gasteiger partial charge on any atom is -0.207 e. The van der Waals surface area contributed by atoms with Crippen molar-refractivity contribution in [1.29, 1.82) is 0 Å². The van der Waals surface area contributed by atoms with Gasteiger partial charge in [-0.1, -0.05) is 19.3 Å². The van der Waals surface area contributed by atoms with Crippen molar-refractivity contribution >= 4 is 0 Å². The van der Waals surface area contributed by atoms with E-state index >= 15 is 0 Å². The molecule has 1 aliphatic carbocycles. The second kappa shape index (κ2) is 4.07. The van der Waals surface area contributed by atoms with Gasteiger partial charge >= 0.3 is 0 Å². The fourth-order valence-corrected chi connectivity index (χ4v) is 2.23. The van der Waals surface area contributed by atoms with Crippen LogP contribution in [0.3, 0.4) is 0 Å². The van der Waals surface area contributed by atoms with Crippen LogP contribution in [0.5, 0.6) is 0 Å². The van der Waals surface area contributed by atoms with Gasteiger partial charge in [0.05, 0.1) is 0 Å². The molecule has 0 unspecified atom stereocenters. The summed E-state index contributed by atoms with van der Waals surface area (Å²) in [4.78, 5) is 0. The highest BCUT2D eigenvalue weighted by Crippen LogP contribution is 2.34. The minimum absolute atomic E-state index is 0.0706. The van der Waals surface area contributed by atoms with Gasteiger partial charge in [-0.15, -0.1) is 0 Å². The maximum Gasteiger partial charge on any atom is 0.137 e. The summed E-state index contributed by atoms with van der Waals surface area (Å²) in [6, 6.07) is 5.03. The summed E-state index contributed by atoms with van der Waals surface area (Å²) in [5, 5.41) is 0. The zero-order chi connectivity index (χ0) is 9.97. The molecule has 1 radical (unpaired) electrons. The summed E-state index contributed by atoms with van der Waals surface area (Å²) >= 11 is 0. The molecule has 75 valence electrons. The predicted octanol–water partition coefficient (Wildman–Crippen LogP) is 3.81. The number of hydrogen-bond donors (Lipinski definition) is 0. The fraction of sp³-hybridized carbons (Fsp3) is 0.500. The average Bonchev–Trinajstić information content (AvgIpc) is 2.19. The van der Waals surface area contributed by atoms with Gasteiger partial charge in [0, 0.05) is 11.6 Å². The SMILES string of the molecule is Fc1[c]ccc(F)c1C1CCCCC1. The Bertz CT molecular complexity index is 294. The van der Waals surface area contributed by atoms with E-state index in [0.29, 0.717) is 0 Å². The molecular formula is C12H13F2. The molecule has 0 spiro atoms. The van der Waals surface area contributed by atoms with Gasteiger partial charge in [-0.05, 0) is 30.9 Å². The van der Waals surface area contributed by atoms with Crippen LogP contribution in [0.2, 0.25) is 0 Å². The first kappa shape index (κ1) is 9.63. The molecule has 14 heavy (non-hydrogen) atoms. The smallest absolute Gasteiger partial charge is 0.137 e. The van der Waals surface area contributed by atoms with Gasteiger partial charge in [0.2, 0.25) is 0 Å². The van der Waals surface area contributed by atoms with Crippen molar-refractivity contribution in [1.82, 2.24) is 0 Å². The molecule has 0 N–H and O–H groups in total. The first-order chi connectivity index (χ1) is 6.79. The van der Waals surface area contributed by atoms with Crippen LogP contribution in [-0.2, 0) is 0 Å². The van der Waals surface area contributed by atoms with Gasteiger partial charge in [0.1, 0.15) is 11.6 Å². The Labute approximate surface area is 82.9 Å². The predicted molar refractivity (Wildman–Crippen MR) is 51.0 cm³/mol. The van der Waals surface area contributed by atoms with E-state index < -0.39 is 11.6 Å². The summed E-state index contributed by atoms with van der Waals surface area (Å²) in [6.07, 6.45) is 5.17. The zero-order valence-corrected chi connectivity index (χ0v) is 8.02. The van der Waals surface area contributed by atoms with Crippen molar-refractivity contribution in [3.05, 3.63) is 35.4 Å². The summed E-state index contributed by atoms with van der Waals surface area (Å²) in [6.45, 7) is 0. The molecule has 0 saturated heterocycles. The lowest BCUT2D eigenvalue weighted by atomic mass is 9.83. The Morgan fingerprint density at radius 1 is 1.14 bits per heavy atom. The van der Waals surface area contributed by atoms with Crippen LogP contribution >= 0.6 is 0 Å². The maximum atomic E-state index is 13.4. The van der Waals surface area contributed by atoms with Gasteiger partial charge in [-0.3, -0.25) is 0 Å². The molecule has 0 atom stereocenters. The Morgan fingerprint density at radius 3 is 2.50 bits per heavy atom. The van der Waals surface area contributed by atoms with Crippen LogP contribution in [0.25, 0.3) is 0 Å². The largest absolute Gasteiger partial charge is 0.207 e. The molecule has 0 nitrogen and oxygen atoms in total. The first-order valence-corrected chi connectivity index (χ1v) is 5.14. The van der Waals surface area contributed by atoms with E-state index in [1.165, 1.54) is 18.6 Å². The normalized spacial score (nSPS) is 18.4. The van der Waals surface area contributed by atoms with Crippen LogP contribution < -0.4 is 0 Å². The molecule has 0 heterocycles. The second-order valence-electron chi connectivity index (χ2n) is 3.89. The van der Waals surface area contributed by atoms with Gasteiger partial charge in [-0.25, -0.2) is 8.78 Å². The van der Waals surface area contributed by atoms with Crippen LogP contribution in [0, 0.1) is 17.7 Å². The quantitative estimate of drug-likeness (QED) is 0.639. The molecule has 1 saturated carbocycles. The molecule has 0 aromatic heterocycles. The van der Waals surface area contributed by atoms with E-state index in [2.05, 4.69) is 6.07 Å². The highest BCUT2D eigenvalue weighted by molar-refractivity contribution is 5.23. The van der Waals surface area contributed by atoms with E-state index in [0.717, 1.165) is 25.7 Å². The molecule has 0 bridgehead atoms. The standard InChI is InChI=1S/C12H13F2/c13-10-7-4-8-11(14)12(10)9-5-2-1-3-6-9/h4,7,9H,1-3,5-6H2. The van der Waals surface area contributed by atoms with Crippen molar-refractivity contribution in [2.75, 3.05) is 0 Å². The molecule has 1 aromatic carbocycles. The van der Waals surface area contributed by atoms with Crippen molar-refractivity contribution in [2.24, 2.45) is 0 Å². The number of halogens is 2. The summed E-state index contributed by atoms with van der Waals surface area (Å²) in [7, 11) is 0. The molecule has 1 aliphatic rings. The molecule has 2 rings (SSSR count). The summed E-state index contributed by atoms with van der Waals surface area (Å²) in [5.41, 5.74) is 0.257. The lowest BCUT2D eigenvalue weighted by Gasteiger charge is -2.22. The number of hydrogen-bond acceptors (Lipinski definition) is 0. The zero-order valence-electron chi connectivity index (χ0n) is 8.02. The van der Waals surface area contributed by atoms with Crippen LogP contribution in [0.15, 0.2) is 12.1 Å². The average molecular weight is 195 g/mol. The Morgan fingerprint density at radius 2 is 1.86 bits per heavy atom. The molecule has 1 fully saturated rings.